The number of hydrogen-bond acceptors (Lipinski definition) is 15. The van der Waals surface area contributed by atoms with Crippen molar-refractivity contribution in [2.45, 2.75) is 210 Å². The topological polar surface area (TPSA) is 231 Å². The van der Waals surface area contributed by atoms with Gasteiger partial charge in [0.25, 0.3) is 0 Å². The molecule has 0 amide bonds. The van der Waals surface area contributed by atoms with Crippen LogP contribution in [0.3, 0.4) is 0 Å². The monoisotopic (exact) mass is 937 g/mol. The maximum atomic E-state index is 13.0. The molecule has 0 aromatic heterocycles. The lowest BCUT2D eigenvalue weighted by atomic mass is 9.98. The molecule has 2 aliphatic rings. The minimum Gasteiger partial charge on any atom is -0.458 e. The first-order valence-corrected chi connectivity index (χ1v) is 24.6. The molecule has 4 unspecified atom stereocenters. The normalized spacial score (nSPS) is 26.8. The first-order chi connectivity index (χ1) is 32.0. The van der Waals surface area contributed by atoms with Crippen molar-refractivity contribution in [3.8, 4) is 0 Å². The van der Waals surface area contributed by atoms with Crippen LogP contribution in [0.25, 0.3) is 0 Å². The van der Waals surface area contributed by atoms with E-state index in [1.54, 1.807) is 12.2 Å². The first kappa shape index (κ1) is 59.1. The summed E-state index contributed by atoms with van der Waals surface area (Å²) in [6, 6.07) is 0. The zero-order valence-electron chi connectivity index (χ0n) is 39.6. The molecular weight excluding hydrogens is 853 g/mol. The molecule has 66 heavy (non-hydrogen) atoms. The Morgan fingerprint density at radius 1 is 0.530 bits per heavy atom. The molecule has 2 heterocycles. The molecule has 7 N–H and O–H groups in total. The SMILES string of the molecule is CC/C=C/C=C/C=C/C=C/CCCCCCCC(=O)O[C@H](COC(=O)/C=C/C=C/CCCCCCCCCCCCC)CO[C@@H]1O[C@H](CO[C@@H]2O[C@H](CO)[C@H](O)C(O)C2O)[C@H](O)C(O)C1O. The van der Waals surface area contributed by atoms with E-state index in [9.17, 15) is 45.3 Å². The molecule has 15 heteroatoms. The predicted octanol–water partition coefficient (Wildman–Crippen LogP) is 6.26. The van der Waals surface area contributed by atoms with E-state index < -0.39 is 99.3 Å². The lowest BCUT2D eigenvalue weighted by molar-refractivity contribution is -0.332. The number of carbonyl (C=O) groups is 2. The fourth-order valence-corrected chi connectivity index (χ4v) is 7.32. The van der Waals surface area contributed by atoms with Gasteiger partial charge in [0.05, 0.1) is 19.8 Å². The Hall–Kier alpha value is -3.06. The quantitative estimate of drug-likeness (QED) is 0.0159. The van der Waals surface area contributed by atoms with Crippen LogP contribution in [0.2, 0.25) is 0 Å². The van der Waals surface area contributed by atoms with E-state index in [0.29, 0.717) is 6.42 Å². The number of aliphatic hydroxyl groups excluding tert-OH is 7. The van der Waals surface area contributed by atoms with Crippen LogP contribution < -0.4 is 0 Å². The van der Waals surface area contributed by atoms with Gasteiger partial charge in [0.1, 0.15) is 55.4 Å². The zero-order valence-corrected chi connectivity index (χ0v) is 39.6. The summed E-state index contributed by atoms with van der Waals surface area (Å²) in [4.78, 5) is 25.6. The third-order valence-corrected chi connectivity index (χ3v) is 11.4. The molecule has 11 atom stereocenters. The largest absolute Gasteiger partial charge is 0.458 e. The van der Waals surface area contributed by atoms with E-state index in [1.165, 1.54) is 70.3 Å². The highest BCUT2D eigenvalue weighted by molar-refractivity contribution is 5.82. The van der Waals surface area contributed by atoms with Crippen LogP contribution in [0.15, 0.2) is 72.9 Å². The number of rotatable bonds is 36. The van der Waals surface area contributed by atoms with Gasteiger partial charge in [0.2, 0.25) is 0 Å². The molecule has 0 aromatic carbocycles. The van der Waals surface area contributed by atoms with Gasteiger partial charge in [-0.15, -0.1) is 0 Å². The number of carbonyl (C=O) groups excluding carboxylic acids is 2. The van der Waals surface area contributed by atoms with E-state index in [-0.39, 0.29) is 13.0 Å². The summed E-state index contributed by atoms with van der Waals surface area (Å²) in [6.07, 6.45) is 27.1. The molecule has 2 rings (SSSR count). The van der Waals surface area contributed by atoms with Crippen LogP contribution in [0, 0.1) is 0 Å². The molecule has 15 nitrogen and oxygen atoms in total. The van der Waals surface area contributed by atoms with Crippen LogP contribution in [0.5, 0.6) is 0 Å². The Balaban J connectivity index is 1.88. The van der Waals surface area contributed by atoms with Gasteiger partial charge in [-0.1, -0.05) is 164 Å². The molecule has 0 radical (unpaired) electrons. The van der Waals surface area contributed by atoms with Gasteiger partial charge in [0, 0.05) is 12.5 Å². The third-order valence-electron chi connectivity index (χ3n) is 11.4. The molecule has 0 saturated carbocycles. The number of unbranched alkanes of at least 4 members (excludes halogenated alkanes) is 16. The van der Waals surface area contributed by atoms with E-state index in [2.05, 4.69) is 26.0 Å². The Kier molecular flexibility index (Phi) is 33.9. The van der Waals surface area contributed by atoms with Gasteiger partial charge < -0.3 is 64.2 Å². The number of aliphatic hydroxyl groups is 7. The molecule has 378 valence electrons. The van der Waals surface area contributed by atoms with Crippen LogP contribution >= 0.6 is 0 Å². The lowest BCUT2D eigenvalue weighted by Crippen LogP contribution is -2.61. The van der Waals surface area contributed by atoms with Crippen LogP contribution in [0.4, 0.5) is 0 Å². The summed E-state index contributed by atoms with van der Waals surface area (Å²) in [5, 5.41) is 72.0. The summed E-state index contributed by atoms with van der Waals surface area (Å²) in [5.74, 6) is -1.21. The van der Waals surface area contributed by atoms with Crippen molar-refractivity contribution in [2.75, 3.05) is 26.4 Å². The van der Waals surface area contributed by atoms with Gasteiger partial charge in [0.15, 0.2) is 18.7 Å². The van der Waals surface area contributed by atoms with E-state index in [0.717, 1.165) is 51.4 Å². The van der Waals surface area contributed by atoms with Crippen molar-refractivity contribution in [1.29, 1.82) is 0 Å². The van der Waals surface area contributed by atoms with Crippen molar-refractivity contribution in [3.05, 3.63) is 72.9 Å². The van der Waals surface area contributed by atoms with Gasteiger partial charge in [-0.05, 0) is 38.5 Å². The fourth-order valence-electron chi connectivity index (χ4n) is 7.32. The molecule has 0 spiro atoms. The van der Waals surface area contributed by atoms with Crippen molar-refractivity contribution >= 4 is 11.9 Å². The van der Waals surface area contributed by atoms with Gasteiger partial charge >= 0.3 is 11.9 Å². The summed E-state index contributed by atoms with van der Waals surface area (Å²) >= 11 is 0. The standard InChI is InChI=1S/C51H84O15/c1-3-5-7-9-11-13-15-17-19-21-23-25-27-29-31-33-42(53)61-36-39(64-43(54)34-32-30-28-26-24-22-20-18-16-14-12-10-8-6-4-2)37-62-50-49(60)47(58)45(56)41(66-50)38-63-51-48(59)46(57)44(55)40(35-52)65-51/h6,8,10,12,14,16,18,20,27,29,31,33,39-41,44-52,55-60H,3-5,7,9,11,13,15,17,19,21-26,28,30,32,34-38H2,1-2H3/b8-6+,12-10+,16-14+,20-18+,29-27+,33-31+/t39-,40-,41-,44+,45+,46?,47?,48?,49?,50-,51-/m1/s1. The van der Waals surface area contributed by atoms with Crippen LogP contribution in [-0.2, 0) is 38.0 Å². The maximum absolute atomic E-state index is 13.0. The predicted molar refractivity (Wildman–Crippen MR) is 252 cm³/mol. The van der Waals surface area contributed by atoms with Gasteiger partial charge in [-0.25, -0.2) is 4.79 Å². The minimum absolute atomic E-state index is 0.116. The molecule has 2 saturated heterocycles. The molecule has 0 aromatic rings. The van der Waals surface area contributed by atoms with Crippen LogP contribution in [-0.4, -0.2) is 142 Å². The average molecular weight is 937 g/mol. The summed E-state index contributed by atoms with van der Waals surface area (Å²) < 4.78 is 33.3. The second kappa shape index (κ2) is 37.9. The van der Waals surface area contributed by atoms with Crippen molar-refractivity contribution in [3.63, 3.8) is 0 Å². The van der Waals surface area contributed by atoms with Crippen molar-refractivity contribution in [1.82, 2.24) is 0 Å². The Morgan fingerprint density at radius 2 is 1.02 bits per heavy atom. The second-order valence-corrected chi connectivity index (χ2v) is 17.1. The minimum atomic E-state index is -1.78. The zero-order chi connectivity index (χ0) is 48.2. The number of hydrogen-bond donors (Lipinski definition) is 7. The Labute approximate surface area is 393 Å². The van der Waals surface area contributed by atoms with Crippen molar-refractivity contribution < 1.29 is 73.8 Å². The van der Waals surface area contributed by atoms with Crippen molar-refractivity contribution in [2.24, 2.45) is 0 Å². The van der Waals surface area contributed by atoms with Gasteiger partial charge in [-0.3, -0.25) is 4.79 Å². The fraction of sp³-hybridized carbons (Fsp3) is 0.725. The highest BCUT2D eigenvalue weighted by Crippen LogP contribution is 2.26. The molecule has 2 fully saturated rings. The van der Waals surface area contributed by atoms with Crippen LogP contribution in [0.1, 0.15) is 142 Å². The summed E-state index contributed by atoms with van der Waals surface area (Å²) in [6.45, 7) is 2.28. The Morgan fingerprint density at radius 3 is 1.59 bits per heavy atom. The maximum Gasteiger partial charge on any atom is 0.330 e. The Bertz CT molecular complexity index is 1430. The molecule has 0 bridgehead atoms. The van der Waals surface area contributed by atoms with E-state index >= 15 is 0 Å². The smallest absolute Gasteiger partial charge is 0.330 e. The highest BCUT2D eigenvalue weighted by atomic mass is 16.7. The number of esters is 2. The third kappa shape index (κ3) is 25.9. The molecule has 0 aliphatic carbocycles. The van der Waals surface area contributed by atoms with E-state index in [1.807, 2.05) is 42.5 Å². The molecular formula is C51H84O15. The molecule has 2 aliphatic heterocycles. The lowest BCUT2D eigenvalue weighted by Gasteiger charge is -2.42. The summed E-state index contributed by atoms with van der Waals surface area (Å²) in [5.41, 5.74) is 0. The average Bonchev–Trinajstić information content (AvgIpc) is 3.31. The summed E-state index contributed by atoms with van der Waals surface area (Å²) in [7, 11) is 0. The second-order valence-electron chi connectivity index (χ2n) is 17.1. The van der Waals surface area contributed by atoms with Gasteiger partial charge in [-0.2, -0.15) is 0 Å². The number of ether oxygens (including phenoxy) is 6. The van der Waals surface area contributed by atoms with E-state index in [4.69, 9.17) is 28.4 Å². The number of allylic oxidation sites excluding steroid dienone is 11. The first-order valence-electron chi connectivity index (χ1n) is 24.6. The highest BCUT2D eigenvalue weighted by Gasteiger charge is 2.47.